The van der Waals surface area contributed by atoms with Crippen molar-refractivity contribution in [3.8, 4) is 6.07 Å². The Morgan fingerprint density at radius 3 is 2.38 bits per heavy atom. The van der Waals surface area contributed by atoms with Crippen LogP contribution in [0.25, 0.3) is 0 Å². The summed E-state index contributed by atoms with van der Waals surface area (Å²) in [5.74, 6) is 0. The van der Waals surface area contributed by atoms with E-state index >= 15 is 0 Å². The van der Waals surface area contributed by atoms with Crippen LogP contribution >= 0.6 is 0 Å². The highest BCUT2D eigenvalue weighted by molar-refractivity contribution is 7.87. The lowest BCUT2D eigenvalue weighted by atomic mass is 10.4. The molecule has 0 radical (unpaired) electrons. The summed E-state index contributed by atoms with van der Waals surface area (Å²) in [5.41, 5.74) is 0. The molecule has 16 heavy (non-hydrogen) atoms. The van der Waals surface area contributed by atoms with Gasteiger partial charge in [-0.25, -0.2) is 0 Å². The zero-order valence-corrected chi connectivity index (χ0v) is 9.91. The molecular weight excluding hydrogens is 228 g/mol. The Balaban J connectivity index is 1.85. The van der Waals surface area contributed by atoms with Crippen LogP contribution in [0.3, 0.4) is 0 Å². The highest BCUT2D eigenvalue weighted by Crippen LogP contribution is 2.20. The van der Waals surface area contributed by atoms with Crippen LogP contribution in [0, 0.1) is 11.3 Å². The van der Waals surface area contributed by atoms with E-state index in [9.17, 15) is 8.42 Å². The minimum atomic E-state index is -3.28. The molecular formula is C9H16N4O2S. The Labute approximate surface area is 96.0 Å². The van der Waals surface area contributed by atoms with Crippen LogP contribution in [0.2, 0.25) is 0 Å². The summed E-state index contributed by atoms with van der Waals surface area (Å²) in [6.07, 6.45) is 1.90. The summed E-state index contributed by atoms with van der Waals surface area (Å²) in [6, 6.07) is 2.23. The lowest BCUT2D eigenvalue weighted by Crippen LogP contribution is -2.52. The molecule has 1 heterocycles. The van der Waals surface area contributed by atoms with E-state index in [1.807, 2.05) is 4.90 Å². The Kier molecular flexibility index (Phi) is 3.44. The smallest absolute Gasteiger partial charge is 0.279 e. The average molecular weight is 244 g/mol. The molecule has 0 atom stereocenters. The number of hydrogen-bond acceptors (Lipinski definition) is 4. The molecule has 2 rings (SSSR count). The lowest BCUT2D eigenvalue weighted by Gasteiger charge is -2.32. The highest BCUT2D eigenvalue weighted by atomic mass is 32.2. The average Bonchev–Trinajstić information content (AvgIpc) is 3.02. The predicted molar refractivity (Wildman–Crippen MR) is 58.7 cm³/mol. The maximum Gasteiger partial charge on any atom is 0.279 e. The third-order valence-electron chi connectivity index (χ3n) is 2.86. The molecule has 1 saturated carbocycles. The van der Waals surface area contributed by atoms with Gasteiger partial charge in [0.2, 0.25) is 0 Å². The van der Waals surface area contributed by atoms with Gasteiger partial charge in [-0.05, 0) is 12.8 Å². The van der Waals surface area contributed by atoms with E-state index in [2.05, 4.69) is 10.8 Å². The first kappa shape index (κ1) is 11.8. The zero-order valence-electron chi connectivity index (χ0n) is 9.09. The van der Waals surface area contributed by atoms with Gasteiger partial charge in [0, 0.05) is 32.2 Å². The van der Waals surface area contributed by atoms with Crippen molar-refractivity contribution in [2.45, 2.75) is 18.9 Å². The van der Waals surface area contributed by atoms with Crippen LogP contribution in [-0.4, -0.2) is 56.4 Å². The molecule has 1 N–H and O–H groups in total. The molecule has 0 spiro atoms. The molecule has 0 bridgehead atoms. The largest absolute Gasteiger partial charge is 0.288 e. The Hall–Kier alpha value is -0.680. The van der Waals surface area contributed by atoms with Crippen molar-refractivity contribution in [3.63, 3.8) is 0 Å². The van der Waals surface area contributed by atoms with E-state index in [1.54, 1.807) is 0 Å². The second-order valence-corrected chi connectivity index (χ2v) is 5.93. The van der Waals surface area contributed by atoms with Crippen molar-refractivity contribution in [3.05, 3.63) is 0 Å². The van der Waals surface area contributed by atoms with Crippen molar-refractivity contribution in [2.75, 3.05) is 32.7 Å². The standard InChI is InChI=1S/C9H16N4O2S/c10-3-4-12-5-7-13(8-6-12)16(14,15)11-9-1-2-9/h9,11H,1-2,4-8H2. The SMILES string of the molecule is N#CCN1CCN(S(=O)(=O)NC2CC2)CC1. The van der Waals surface area contributed by atoms with Crippen LogP contribution in [0.4, 0.5) is 0 Å². The Morgan fingerprint density at radius 2 is 1.88 bits per heavy atom. The van der Waals surface area contributed by atoms with E-state index in [-0.39, 0.29) is 6.04 Å². The van der Waals surface area contributed by atoms with Crippen LogP contribution in [0.15, 0.2) is 0 Å². The number of nitriles is 1. The van der Waals surface area contributed by atoms with E-state index in [1.165, 1.54) is 4.31 Å². The molecule has 0 unspecified atom stereocenters. The van der Waals surface area contributed by atoms with Crippen molar-refractivity contribution in [1.82, 2.24) is 13.9 Å². The Bertz CT molecular complexity index is 377. The molecule has 2 aliphatic rings. The summed E-state index contributed by atoms with van der Waals surface area (Å²) in [7, 11) is -3.28. The van der Waals surface area contributed by atoms with Crippen molar-refractivity contribution < 1.29 is 8.42 Å². The first-order valence-corrected chi connectivity index (χ1v) is 6.92. The van der Waals surface area contributed by atoms with E-state index < -0.39 is 10.2 Å². The van der Waals surface area contributed by atoms with Gasteiger partial charge in [-0.3, -0.25) is 4.90 Å². The summed E-state index contributed by atoms with van der Waals surface area (Å²) in [6.45, 7) is 2.61. The monoisotopic (exact) mass is 244 g/mol. The van der Waals surface area contributed by atoms with Gasteiger partial charge in [-0.2, -0.15) is 22.7 Å². The molecule has 0 aromatic carbocycles. The van der Waals surface area contributed by atoms with Gasteiger partial charge in [0.1, 0.15) is 0 Å². The molecule has 1 aliphatic carbocycles. The predicted octanol–water partition coefficient (Wildman–Crippen LogP) is -0.876. The topological polar surface area (TPSA) is 76.4 Å². The molecule has 6 nitrogen and oxygen atoms in total. The number of nitrogens with one attached hydrogen (secondary N) is 1. The fourth-order valence-electron chi connectivity index (χ4n) is 1.71. The second-order valence-electron chi connectivity index (χ2n) is 4.23. The van der Waals surface area contributed by atoms with Gasteiger partial charge in [-0.15, -0.1) is 0 Å². The third kappa shape index (κ3) is 2.92. The molecule has 0 amide bonds. The summed E-state index contributed by atoms with van der Waals surface area (Å²) < 4.78 is 27.8. The molecule has 90 valence electrons. The number of nitrogens with zero attached hydrogens (tertiary/aromatic N) is 3. The molecule has 7 heteroatoms. The summed E-state index contributed by atoms with van der Waals surface area (Å²) in [5, 5.41) is 8.54. The van der Waals surface area contributed by atoms with Gasteiger partial charge in [0.25, 0.3) is 10.2 Å². The molecule has 2 fully saturated rings. The van der Waals surface area contributed by atoms with Gasteiger partial charge < -0.3 is 0 Å². The first-order valence-electron chi connectivity index (χ1n) is 5.48. The fourth-order valence-corrected chi connectivity index (χ4v) is 3.16. The van der Waals surface area contributed by atoms with Gasteiger partial charge in [-0.1, -0.05) is 0 Å². The number of hydrogen-bond donors (Lipinski definition) is 1. The van der Waals surface area contributed by atoms with Crippen LogP contribution < -0.4 is 4.72 Å². The zero-order chi connectivity index (χ0) is 11.6. The Morgan fingerprint density at radius 1 is 1.25 bits per heavy atom. The summed E-state index contributed by atoms with van der Waals surface area (Å²) in [4.78, 5) is 1.96. The molecule has 1 aliphatic heterocycles. The van der Waals surface area contributed by atoms with E-state index in [0.29, 0.717) is 32.7 Å². The molecule has 0 aromatic rings. The quantitative estimate of drug-likeness (QED) is 0.652. The highest BCUT2D eigenvalue weighted by Gasteiger charge is 2.32. The van der Waals surface area contributed by atoms with E-state index in [4.69, 9.17) is 5.26 Å². The van der Waals surface area contributed by atoms with Crippen LogP contribution in [0.1, 0.15) is 12.8 Å². The minimum Gasteiger partial charge on any atom is -0.288 e. The summed E-state index contributed by atoms with van der Waals surface area (Å²) >= 11 is 0. The third-order valence-corrected chi connectivity index (χ3v) is 4.53. The fraction of sp³-hybridized carbons (Fsp3) is 0.889. The molecule has 0 aromatic heterocycles. The van der Waals surface area contributed by atoms with Crippen molar-refractivity contribution in [2.24, 2.45) is 0 Å². The molecule has 1 saturated heterocycles. The van der Waals surface area contributed by atoms with Crippen LogP contribution in [0.5, 0.6) is 0 Å². The van der Waals surface area contributed by atoms with E-state index in [0.717, 1.165) is 12.8 Å². The number of rotatable bonds is 4. The van der Waals surface area contributed by atoms with Crippen molar-refractivity contribution in [1.29, 1.82) is 5.26 Å². The van der Waals surface area contributed by atoms with Gasteiger partial charge in [0.15, 0.2) is 0 Å². The maximum absolute atomic E-state index is 11.8. The van der Waals surface area contributed by atoms with Crippen molar-refractivity contribution >= 4 is 10.2 Å². The van der Waals surface area contributed by atoms with Crippen LogP contribution in [-0.2, 0) is 10.2 Å². The van der Waals surface area contributed by atoms with Gasteiger partial charge >= 0.3 is 0 Å². The number of piperazine rings is 1. The minimum absolute atomic E-state index is 0.155. The normalized spacial score (nSPS) is 24.2. The maximum atomic E-state index is 11.8. The lowest BCUT2D eigenvalue weighted by molar-refractivity contribution is 0.205. The van der Waals surface area contributed by atoms with Gasteiger partial charge in [0.05, 0.1) is 12.6 Å². The second kappa shape index (κ2) is 4.67. The first-order chi connectivity index (χ1) is 7.62.